The van der Waals surface area contributed by atoms with Gasteiger partial charge in [-0.1, -0.05) is 23.2 Å². The van der Waals surface area contributed by atoms with Crippen LogP contribution in [0.15, 0.2) is 24.3 Å². The Hall–Kier alpha value is -1.91. The Morgan fingerprint density at radius 2 is 1.87 bits per heavy atom. The van der Waals surface area contributed by atoms with Crippen LogP contribution >= 0.6 is 23.2 Å². The Morgan fingerprint density at radius 3 is 2.70 bits per heavy atom. The predicted molar refractivity (Wildman–Crippen MR) is 89.3 cm³/mol. The van der Waals surface area contributed by atoms with Crippen LogP contribution < -0.4 is 14.8 Å². The van der Waals surface area contributed by atoms with Crippen LogP contribution in [-0.2, 0) is 12.8 Å². The van der Waals surface area contributed by atoms with Crippen LogP contribution in [0.25, 0.3) is 0 Å². The van der Waals surface area contributed by atoms with Crippen LogP contribution in [0.4, 0.5) is 5.69 Å². The first-order valence-electron chi connectivity index (χ1n) is 7.34. The largest absolute Gasteiger partial charge is 0.493 e. The van der Waals surface area contributed by atoms with Crippen molar-refractivity contribution in [2.24, 2.45) is 0 Å². The maximum absolute atomic E-state index is 12.6. The third kappa shape index (κ3) is 2.52. The second-order valence-corrected chi connectivity index (χ2v) is 6.31. The Balaban J connectivity index is 1.71. The van der Waals surface area contributed by atoms with Crippen molar-refractivity contribution >= 4 is 34.8 Å². The molecule has 23 heavy (non-hydrogen) atoms. The summed E-state index contributed by atoms with van der Waals surface area (Å²) in [4.78, 5) is 12.6. The van der Waals surface area contributed by atoms with Gasteiger partial charge in [0, 0.05) is 29.5 Å². The lowest BCUT2D eigenvalue weighted by Crippen LogP contribution is -2.14. The van der Waals surface area contributed by atoms with E-state index >= 15 is 0 Å². The van der Waals surface area contributed by atoms with Crippen LogP contribution in [0.1, 0.15) is 21.5 Å². The van der Waals surface area contributed by atoms with Gasteiger partial charge in [-0.15, -0.1) is 0 Å². The molecule has 0 radical (unpaired) electrons. The summed E-state index contributed by atoms with van der Waals surface area (Å²) in [6.45, 7) is 1.24. The molecule has 0 aliphatic carbocycles. The van der Waals surface area contributed by atoms with Gasteiger partial charge in [0.05, 0.1) is 28.9 Å². The number of amides is 1. The predicted octanol–water partition coefficient (Wildman–Crippen LogP) is 4.12. The molecule has 0 unspecified atom stereocenters. The van der Waals surface area contributed by atoms with E-state index in [2.05, 4.69) is 5.32 Å². The highest BCUT2D eigenvalue weighted by Gasteiger charge is 2.27. The van der Waals surface area contributed by atoms with Crippen LogP contribution in [0.3, 0.4) is 0 Å². The summed E-state index contributed by atoms with van der Waals surface area (Å²) in [5.41, 5.74) is 3.21. The van der Waals surface area contributed by atoms with Gasteiger partial charge in [0.1, 0.15) is 11.5 Å². The lowest BCUT2D eigenvalue weighted by atomic mass is 10.0. The topological polar surface area (TPSA) is 47.6 Å². The fourth-order valence-electron chi connectivity index (χ4n) is 2.94. The number of benzene rings is 2. The van der Waals surface area contributed by atoms with Crippen LogP contribution in [0, 0.1) is 0 Å². The fraction of sp³-hybridized carbons (Fsp3) is 0.235. The number of anilines is 1. The summed E-state index contributed by atoms with van der Waals surface area (Å²) in [5, 5.41) is 3.73. The summed E-state index contributed by atoms with van der Waals surface area (Å²) in [6.07, 6.45) is 1.57. The summed E-state index contributed by atoms with van der Waals surface area (Å²) in [6, 6.07) is 6.82. The Bertz CT molecular complexity index is 788. The molecule has 0 spiro atoms. The molecule has 0 saturated carbocycles. The Labute approximate surface area is 143 Å². The van der Waals surface area contributed by atoms with E-state index in [1.165, 1.54) is 0 Å². The van der Waals surface area contributed by atoms with Crippen molar-refractivity contribution in [1.29, 1.82) is 0 Å². The second kappa shape index (κ2) is 5.62. The molecule has 2 aliphatic rings. The second-order valence-electron chi connectivity index (χ2n) is 5.50. The Morgan fingerprint density at radius 1 is 1.04 bits per heavy atom. The summed E-state index contributed by atoms with van der Waals surface area (Å²) >= 11 is 11.9. The molecule has 0 saturated heterocycles. The first kappa shape index (κ1) is 14.7. The van der Waals surface area contributed by atoms with Crippen molar-refractivity contribution in [2.45, 2.75) is 12.8 Å². The number of nitrogens with one attached hydrogen (secondary N) is 1. The first-order chi connectivity index (χ1) is 11.1. The van der Waals surface area contributed by atoms with Crippen LogP contribution in [0.5, 0.6) is 11.5 Å². The van der Waals surface area contributed by atoms with Gasteiger partial charge in [-0.25, -0.2) is 0 Å². The van der Waals surface area contributed by atoms with Crippen LogP contribution in [0.2, 0.25) is 10.0 Å². The van der Waals surface area contributed by atoms with Gasteiger partial charge >= 0.3 is 0 Å². The molecule has 1 amide bonds. The van der Waals surface area contributed by atoms with Crippen LogP contribution in [-0.4, -0.2) is 19.1 Å². The van der Waals surface area contributed by atoms with E-state index in [9.17, 15) is 4.79 Å². The maximum Gasteiger partial charge on any atom is 0.255 e. The molecule has 4 rings (SSSR count). The van der Waals surface area contributed by atoms with Gasteiger partial charge in [0.2, 0.25) is 0 Å². The SMILES string of the molecule is O=C(Nc1c2c(cc3c1OCC3)OCC2)c1ccc(Cl)c(Cl)c1. The summed E-state index contributed by atoms with van der Waals surface area (Å²) in [5.74, 6) is 1.34. The van der Waals surface area contributed by atoms with E-state index in [1.54, 1.807) is 18.2 Å². The van der Waals surface area contributed by atoms with E-state index in [0.29, 0.717) is 34.5 Å². The molecule has 0 fully saturated rings. The number of hydrogen-bond acceptors (Lipinski definition) is 3. The zero-order chi connectivity index (χ0) is 16.0. The standard InChI is InChI=1S/C17H13Cl2NO3/c18-12-2-1-10(7-13(12)19)17(21)20-15-11-4-6-22-14(11)8-9-3-5-23-16(9)15/h1-2,7-8H,3-6H2,(H,20,21). The third-order valence-electron chi connectivity index (χ3n) is 4.07. The van der Waals surface area contributed by atoms with E-state index in [-0.39, 0.29) is 5.91 Å². The van der Waals surface area contributed by atoms with Gasteiger partial charge < -0.3 is 14.8 Å². The van der Waals surface area contributed by atoms with E-state index in [0.717, 1.165) is 35.5 Å². The van der Waals surface area contributed by atoms with Crippen molar-refractivity contribution in [1.82, 2.24) is 0 Å². The molecule has 4 nitrogen and oxygen atoms in total. The lowest BCUT2D eigenvalue weighted by molar-refractivity contribution is 0.102. The maximum atomic E-state index is 12.6. The molecule has 0 bridgehead atoms. The normalized spacial score (nSPS) is 14.7. The smallest absolute Gasteiger partial charge is 0.255 e. The lowest BCUT2D eigenvalue weighted by Gasteiger charge is -2.14. The molecule has 2 aromatic carbocycles. The number of carbonyl (C=O) groups is 1. The van der Waals surface area contributed by atoms with Gasteiger partial charge in [-0.2, -0.15) is 0 Å². The van der Waals surface area contributed by atoms with E-state index in [4.69, 9.17) is 32.7 Å². The number of hydrogen-bond donors (Lipinski definition) is 1. The number of fused-ring (bicyclic) bond motifs is 2. The molecule has 118 valence electrons. The highest BCUT2D eigenvalue weighted by atomic mass is 35.5. The molecule has 2 aliphatic heterocycles. The van der Waals surface area contributed by atoms with E-state index < -0.39 is 0 Å². The third-order valence-corrected chi connectivity index (χ3v) is 4.81. The zero-order valence-corrected chi connectivity index (χ0v) is 13.6. The van der Waals surface area contributed by atoms with Crippen molar-refractivity contribution in [2.75, 3.05) is 18.5 Å². The number of ether oxygens (including phenoxy) is 2. The first-order valence-corrected chi connectivity index (χ1v) is 8.10. The molecule has 1 N–H and O–H groups in total. The number of carbonyl (C=O) groups excluding carboxylic acids is 1. The highest BCUT2D eigenvalue weighted by Crippen LogP contribution is 2.44. The van der Waals surface area contributed by atoms with Gasteiger partial charge in [0.15, 0.2) is 0 Å². The van der Waals surface area contributed by atoms with Crippen molar-refractivity contribution in [3.05, 3.63) is 51.0 Å². The average Bonchev–Trinajstić information content (AvgIpc) is 3.18. The minimum Gasteiger partial charge on any atom is -0.493 e. The zero-order valence-electron chi connectivity index (χ0n) is 12.1. The molecule has 2 aromatic rings. The number of halogens is 2. The highest BCUT2D eigenvalue weighted by molar-refractivity contribution is 6.42. The molecule has 2 heterocycles. The Kier molecular flexibility index (Phi) is 3.58. The molecular formula is C17H13Cl2NO3. The minimum absolute atomic E-state index is 0.249. The van der Waals surface area contributed by atoms with E-state index in [1.807, 2.05) is 6.07 Å². The van der Waals surface area contributed by atoms with Crippen molar-refractivity contribution in [3.63, 3.8) is 0 Å². The monoisotopic (exact) mass is 349 g/mol. The number of rotatable bonds is 2. The minimum atomic E-state index is -0.249. The van der Waals surface area contributed by atoms with Gasteiger partial charge in [0.25, 0.3) is 5.91 Å². The molecule has 6 heteroatoms. The summed E-state index contributed by atoms with van der Waals surface area (Å²) in [7, 11) is 0. The molecular weight excluding hydrogens is 337 g/mol. The molecule has 0 atom stereocenters. The van der Waals surface area contributed by atoms with Crippen molar-refractivity contribution in [3.8, 4) is 11.5 Å². The fourth-order valence-corrected chi connectivity index (χ4v) is 3.24. The van der Waals surface area contributed by atoms with Crippen molar-refractivity contribution < 1.29 is 14.3 Å². The quantitative estimate of drug-likeness (QED) is 0.887. The van der Waals surface area contributed by atoms with Gasteiger partial charge in [-0.3, -0.25) is 4.79 Å². The average molecular weight is 350 g/mol. The van der Waals surface area contributed by atoms with Gasteiger partial charge in [-0.05, 0) is 24.3 Å². The summed E-state index contributed by atoms with van der Waals surface area (Å²) < 4.78 is 11.4. The molecule has 0 aromatic heterocycles.